The van der Waals surface area contributed by atoms with Gasteiger partial charge in [0, 0.05) is 6.54 Å². The highest BCUT2D eigenvalue weighted by atomic mass is 32.2. The first kappa shape index (κ1) is 27.4. The molecule has 1 amide bonds. The van der Waals surface area contributed by atoms with Crippen LogP contribution in [0.25, 0.3) is 10.8 Å². The number of rotatable bonds is 8. The Morgan fingerprint density at radius 2 is 1.70 bits per heavy atom. The van der Waals surface area contributed by atoms with Crippen molar-refractivity contribution in [1.29, 1.82) is 0 Å². The molecule has 6 rings (SSSR count). The summed E-state index contributed by atoms with van der Waals surface area (Å²) >= 11 is 0. The molecule has 3 atom stereocenters. The maximum Gasteiger partial charge on any atom is 0.252 e. The molecule has 3 aromatic carbocycles. The average molecular weight is 563 g/mol. The number of aliphatic hydroxyl groups is 2. The smallest absolute Gasteiger partial charge is 0.252 e. The number of fused-ring (bicyclic) bond motifs is 2. The predicted molar refractivity (Wildman–Crippen MR) is 155 cm³/mol. The van der Waals surface area contributed by atoms with Gasteiger partial charge in [-0.05, 0) is 97.6 Å². The van der Waals surface area contributed by atoms with Gasteiger partial charge in [-0.15, -0.1) is 0 Å². The molecule has 1 heterocycles. The zero-order valence-corrected chi connectivity index (χ0v) is 23.6. The van der Waals surface area contributed by atoms with Gasteiger partial charge in [0.15, 0.2) is 15.9 Å². The Kier molecular flexibility index (Phi) is 7.46. The van der Waals surface area contributed by atoms with E-state index in [9.17, 15) is 23.4 Å². The molecule has 7 nitrogen and oxygen atoms in total. The zero-order chi connectivity index (χ0) is 27.9. The lowest BCUT2D eigenvalue weighted by Gasteiger charge is -2.31. The van der Waals surface area contributed by atoms with Gasteiger partial charge in [-0.1, -0.05) is 55.0 Å². The van der Waals surface area contributed by atoms with Crippen LogP contribution in [-0.4, -0.2) is 59.5 Å². The standard InChI is InChI=1S/C32H38N2O5S/c35-29(30(36)32(15-16-32)40(38,39)26-13-12-23-7-2-3-8-24(23)20-26)31(37)33-28-10-6-9-25-19-22(11-14-27(25)28)21-34-17-4-1-5-18-34/h2-3,7-8,11-14,19-20,28-30,35-36H,1,4-6,9-10,15-18,21H2,(H,33,37)/t28-,29?,30?/m1/s1. The van der Waals surface area contributed by atoms with Crippen molar-refractivity contribution in [3.63, 3.8) is 0 Å². The number of benzene rings is 3. The summed E-state index contributed by atoms with van der Waals surface area (Å²) in [7, 11) is -3.99. The number of aliphatic hydroxyl groups excluding tert-OH is 2. The number of sulfone groups is 1. The third kappa shape index (κ3) is 5.07. The minimum atomic E-state index is -3.99. The lowest BCUT2D eigenvalue weighted by Crippen LogP contribution is -2.51. The quantitative estimate of drug-likeness (QED) is 0.383. The second kappa shape index (κ2) is 10.9. The van der Waals surface area contributed by atoms with Gasteiger partial charge in [0.05, 0.1) is 10.9 Å². The molecule has 1 saturated heterocycles. The molecule has 3 N–H and O–H groups in total. The molecule has 0 spiro atoms. The number of carbonyl (C=O) groups is 1. The monoisotopic (exact) mass is 562 g/mol. The fourth-order valence-corrected chi connectivity index (χ4v) is 8.68. The summed E-state index contributed by atoms with van der Waals surface area (Å²) in [4.78, 5) is 15.8. The van der Waals surface area contributed by atoms with Crippen molar-refractivity contribution in [1.82, 2.24) is 10.2 Å². The second-order valence-electron chi connectivity index (χ2n) is 11.8. The lowest BCUT2D eigenvalue weighted by atomic mass is 9.86. The molecule has 212 valence electrons. The number of carbonyl (C=O) groups excluding carboxylic acids is 1. The number of hydrogen-bond acceptors (Lipinski definition) is 6. The third-order valence-corrected chi connectivity index (χ3v) is 11.7. The van der Waals surface area contributed by atoms with Crippen molar-refractivity contribution >= 4 is 26.5 Å². The van der Waals surface area contributed by atoms with E-state index in [0.29, 0.717) is 0 Å². The molecule has 0 radical (unpaired) electrons. The molecule has 3 aliphatic rings. The van der Waals surface area contributed by atoms with Crippen molar-refractivity contribution in [3.8, 4) is 0 Å². The van der Waals surface area contributed by atoms with Gasteiger partial charge in [-0.2, -0.15) is 0 Å². The van der Waals surface area contributed by atoms with Gasteiger partial charge in [0.25, 0.3) is 5.91 Å². The van der Waals surface area contributed by atoms with Gasteiger partial charge >= 0.3 is 0 Å². The van der Waals surface area contributed by atoms with Crippen molar-refractivity contribution in [3.05, 3.63) is 77.4 Å². The molecular formula is C32H38N2O5S. The molecule has 8 heteroatoms. The number of aryl methyl sites for hydroxylation is 1. The summed E-state index contributed by atoms with van der Waals surface area (Å²) in [5.74, 6) is -0.734. The minimum absolute atomic E-state index is 0.0944. The SMILES string of the molecule is O=C(N[C@@H]1CCCc2cc(CN3CCCCC3)ccc21)C(O)C(O)C1(S(=O)(=O)c2ccc3ccccc3c2)CC1. The highest BCUT2D eigenvalue weighted by Gasteiger charge is 2.62. The first-order chi connectivity index (χ1) is 19.3. The van der Waals surface area contributed by atoms with Crippen LogP contribution in [0, 0.1) is 0 Å². The largest absolute Gasteiger partial charge is 0.388 e. The normalized spacial score (nSPS) is 22.3. The first-order valence-electron chi connectivity index (χ1n) is 14.5. The molecule has 2 fully saturated rings. The van der Waals surface area contributed by atoms with E-state index in [1.807, 2.05) is 24.3 Å². The van der Waals surface area contributed by atoms with Gasteiger partial charge < -0.3 is 15.5 Å². The van der Waals surface area contributed by atoms with E-state index < -0.39 is 32.7 Å². The van der Waals surface area contributed by atoms with Gasteiger partial charge in [0.1, 0.15) is 10.9 Å². The van der Waals surface area contributed by atoms with E-state index in [-0.39, 0.29) is 23.8 Å². The number of amides is 1. The third-order valence-electron chi connectivity index (χ3n) is 9.11. The Morgan fingerprint density at radius 1 is 0.950 bits per heavy atom. The van der Waals surface area contributed by atoms with Crippen molar-refractivity contribution in [2.75, 3.05) is 13.1 Å². The van der Waals surface area contributed by atoms with Crippen LogP contribution in [0.5, 0.6) is 0 Å². The molecule has 2 unspecified atom stereocenters. The number of nitrogens with zero attached hydrogens (tertiary/aromatic N) is 1. The van der Waals surface area contributed by atoms with Crippen LogP contribution in [0.3, 0.4) is 0 Å². The summed E-state index contributed by atoms with van der Waals surface area (Å²) in [5, 5.41) is 26.6. The zero-order valence-electron chi connectivity index (χ0n) is 22.8. The summed E-state index contributed by atoms with van der Waals surface area (Å²) in [6, 6.07) is 18.5. The Bertz CT molecular complexity index is 1510. The fraction of sp³-hybridized carbons (Fsp3) is 0.469. The van der Waals surface area contributed by atoms with Crippen molar-refractivity contribution in [2.24, 2.45) is 0 Å². The highest BCUT2D eigenvalue weighted by Crippen LogP contribution is 2.50. The van der Waals surface area contributed by atoms with Crippen LogP contribution >= 0.6 is 0 Å². The number of nitrogens with one attached hydrogen (secondary N) is 1. The Labute approximate surface area is 236 Å². The molecule has 2 aliphatic carbocycles. The van der Waals surface area contributed by atoms with Gasteiger partial charge in [0.2, 0.25) is 0 Å². The minimum Gasteiger partial charge on any atom is -0.388 e. The van der Waals surface area contributed by atoms with Crippen molar-refractivity contribution < 1.29 is 23.4 Å². The number of likely N-dealkylation sites (tertiary alicyclic amines) is 1. The molecule has 1 saturated carbocycles. The molecule has 1 aliphatic heterocycles. The van der Waals surface area contributed by atoms with Crippen LogP contribution < -0.4 is 5.32 Å². The molecule has 0 bridgehead atoms. The first-order valence-corrected chi connectivity index (χ1v) is 16.0. The van der Waals surface area contributed by atoms with E-state index >= 15 is 0 Å². The summed E-state index contributed by atoms with van der Waals surface area (Å²) in [5.41, 5.74) is 3.52. The molecule has 3 aromatic rings. The molecular weight excluding hydrogens is 524 g/mol. The van der Waals surface area contributed by atoms with Crippen LogP contribution in [0.2, 0.25) is 0 Å². The predicted octanol–water partition coefficient (Wildman–Crippen LogP) is 4.05. The number of hydrogen-bond donors (Lipinski definition) is 3. The van der Waals surface area contributed by atoms with Crippen LogP contribution in [0.4, 0.5) is 0 Å². The Morgan fingerprint density at radius 3 is 2.45 bits per heavy atom. The van der Waals surface area contributed by atoms with E-state index in [4.69, 9.17) is 0 Å². The average Bonchev–Trinajstić information content (AvgIpc) is 3.79. The summed E-state index contributed by atoms with van der Waals surface area (Å²) < 4.78 is 25.7. The topological polar surface area (TPSA) is 107 Å². The van der Waals surface area contributed by atoms with Crippen LogP contribution in [-0.2, 0) is 27.6 Å². The van der Waals surface area contributed by atoms with Gasteiger partial charge in [-0.25, -0.2) is 8.42 Å². The van der Waals surface area contributed by atoms with Crippen molar-refractivity contribution in [2.45, 2.75) is 85.8 Å². The van der Waals surface area contributed by atoms with Crippen LogP contribution in [0.1, 0.15) is 67.7 Å². The van der Waals surface area contributed by atoms with E-state index in [0.717, 1.165) is 55.2 Å². The Balaban J connectivity index is 1.15. The summed E-state index contributed by atoms with van der Waals surface area (Å²) in [6.07, 6.45) is 3.19. The highest BCUT2D eigenvalue weighted by molar-refractivity contribution is 7.93. The van der Waals surface area contributed by atoms with Gasteiger partial charge in [-0.3, -0.25) is 9.69 Å². The van der Waals surface area contributed by atoms with E-state index in [1.54, 1.807) is 12.1 Å². The van der Waals surface area contributed by atoms with E-state index in [1.165, 1.54) is 36.5 Å². The van der Waals surface area contributed by atoms with E-state index in [2.05, 4.69) is 28.4 Å². The molecule has 0 aromatic heterocycles. The maximum absolute atomic E-state index is 13.7. The number of piperidine rings is 1. The van der Waals surface area contributed by atoms with Crippen LogP contribution in [0.15, 0.2) is 65.6 Å². The maximum atomic E-state index is 13.7. The molecule has 40 heavy (non-hydrogen) atoms. The Hall–Kier alpha value is -2.78. The lowest BCUT2D eigenvalue weighted by molar-refractivity contribution is -0.136. The fourth-order valence-electron chi connectivity index (χ4n) is 6.60. The second-order valence-corrected chi connectivity index (χ2v) is 14.1. The summed E-state index contributed by atoms with van der Waals surface area (Å²) in [6.45, 7) is 3.20.